The van der Waals surface area contributed by atoms with Crippen molar-refractivity contribution in [2.45, 2.75) is 0 Å². The van der Waals surface area contributed by atoms with E-state index in [1.165, 1.54) is 0 Å². The van der Waals surface area contributed by atoms with Crippen molar-refractivity contribution in [2.75, 3.05) is 0 Å². The molecule has 0 fully saturated rings. The zero-order chi connectivity index (χ0) is 9.14. The Hall–Kier alpha value is -0.410. The Bertz CT molecular complexity index is 314. The number of carbonyl (C=O) groups is 1. The third-order valence-electron chi connectivity index (χ3n) is 1.35. The second-order valence-corrected chi connectivity index (χ2v) is 4.11. The third-order valence-corrected chi connectivity index (χ3v) is 2.24. The standard InChI is InChI=1S/C9H6Br2O/c1-6(10)9(12)7-2-4-8(11)5-3-7/h2-5H,1H2. The van der Waals surface area contributed by atoms with Crippen LogP contribution >= 0.6 is 31.9 Å². The zero-order valence-corrected chi connectivity index (χ0v) is 9.35. The van der Waals surface area contributed by atoms with Gasteiger partial charge in [-0.15, -0.1) is 0 Å². The maximum atomic E-state index is 11.3. The highest BCUT2D eigenvalue weighted by Gasteiger charge is 2.05. The fraction of sp³-hybridized carbons (Fsp3) is 0. The first kappa shape index (κ1) is 9.68. The van der Waals surface area contributed by atoms with Gasteiger partial charge in [-0.25, -0.2) is 0 Å². The van der Waals surface area contributed by atoms with Crippen LogP contribution in [0, 0.1) is 0 Å². The number of benzene rings is 1. The molecule has 1 nitrogen and oxygen atoms in total. The number of allylic oxidation sites excluding steroid dienone is 1. The van der Waals surface area contributed by atoms with Gasteiger partial charge in [-0.1, -0.05) is 22.5 Å². The van der Waals surface area contributed by atoms with Gasteiger partial charge >= 0.3 is 0 Å². The quantitative estimate of drug-likeness (QED) is 0.601. The molecule has 0 atom stereocenters. The van der Waals surface area contributed by atoms with E-state index in [2.05, 4.69) is 38.4 Å². The Morgan fingerprint density at radius 2 is 1.75 bits per heavy atom. The summed E-state index contributed by atoms with van der Waals surface area (Å²) in [6.45, 7) is 3.51. The summed E-state index contributed by atoms with van der Waals surface area (Å²) in [6, 6.07) is 7.14. The molecule has 0 radical (unpaired) electrons. The summed E-state index contributed by atoms with van der Waals surface area (Å²) >= 11 is 6.33. The van der Waals surface area contributed by atoms with Crippen LogP contribution in [-0.4, -0.2) is 5.78 Å². The van der Waals surface area contributed by atoms with Gasteiger partial charge in [0.15, 0.2) is 5.78 Å². The fourth-order valence-electron chi connectivity index (χ4n) is 0.758. The molecule has 3 heteroatoms. The molecular weight excluding hydrogens is 284 g/mol. The lowest BCUT2D eigenvalue weighted by Crippen LogP contribution is -1.96. The second-order valence-electron chi connectivity index (χ2n) is 2.24. The van der Waals surface area contributed by atoms with E-state index in [9.17, 15) is 4.79 Å². The van der Waals surface area contributed by atoms with E-state index in [1.807, 2.05) is 12.1 Å². The van der Waals surface area contributed by atoms with Gasteiger partial charge in [-0.2, -0.15) is 0 Å². The minimum atomic E-state index is -0.0810. The average molecular weight is 290 g/mol. The van der Waals surface area contributed by atoms with Crippen molar-refractivity contribution in [3.05, 3.63) is 45.4 Å². The van der Waals surface area contributed by atoms with Gasteiger partial charge in [0.1, 0.15) is 0 Å². The Balaban J connectivity index is 2.98. The van der Waals surface area contributed by atoms with E-state index >= 15 is 0 Å². The molecule has 0 spiro atoms. The van der Waals surface area contributed by atoms with E-state index in [0.717, 1.165) is 4.47 Å². The Morgan fingerprint density at radius 3 is 2.17 bits per heavy atom. The first-order valence-corrected chi connectivity index (χ1v) is 4.84. The summed E-state index contributed by atoms with van der Waals surface area (Å²) in [5, 5.41) is 0. The SMILES string of the molecule is C=C(Br)C(=O)c1ccc(Br)cc1. The van der Waals surface area contributed by atoms with Crippen LogP contribution in [0.4, 0.5) is 0 Å². The van der Waals surface area contributed by atoms with Crippen LogP contribution in [0.5, 0.6) is 0 Å². The highest BCUT2D eigenvalue weighted by Crippen LogP contribution is 2.15. The Morgan fingerprint density at radius 1 is 1.25 bits per heavy atom. The molecule has 0 heterocycles. The Kier molecular flexibility index (Phi) is 3.23. The van der Waals surface area contributed by atoms with Crippen molar-refractivity contribution in [1.29, 1.82) is 0 Å². The van der Waals surface area contributed by atoms with Gasteiger partial charge in [0.25, 0.3) is 0 Å². The van der Waals surface area contributed by atoms with E-state index in [0.29, 0.717) is 10.0 Å². The molecule has 62 valence electrons. The lowest BCUT2D eigenvalue weighted by Gasteiger charge is -1.97. The molecule has 0 aliphatic rings. The van der Waals surface area contributed by atoms with Crippen LogP contribution < -0.4 is 0 Å². The van der Waals surface area contributed by atoms with Gasteiger partial charge in [0.2, 0.25) is 0 Å². The molecule has 1 aromatic rings. The van der Waals surface area contributed by atoms with Crippen molar-refractivity contribution >= 4 is 37.6 Å². The van der Waals surface area contributed by atoms with Crippen molar-refractivity contribution in [3.63, 3.8) is 0 Å². The molecule has 0 saturated carbocycles. The van der Waals surface area contributed by atoms with E-state index in [1.54, 1.807) is 12.1 Å². The normalized spacial score (nSPS) is 9.50. The van der Waals surface area contributed by atoms with Crippen molar-refractivity contribution in [3.8, 4) is 0 Å². The number of halogens is 2. The summed E-state index contributed by atoms with van der Waals surface area (Å²) in [4.78, 5) is 11.3. The number of ketones is 1. The van der Waals surface area contributed by atoms with Gasteiger partial charge in [0.05, 0.1) is 4.48 Å². The van der Waals surface area contributed by atoms with Crippen LogP contribution in [0.1, 0.15) is 10.4 Å². The lowest BCUT2D eigenvalue weighted by molar-refractivity contribution is 0.104. The summed E-state index contributed by atoms with van der Waals surface area (Å²) in [5.41, 5.74) is 0.639. The summed E-state index contributed by atoms with van der Waals surface area (Å²) in [6.07, 6.45) is 0. The van der Waals surface area contributed by atoms with Crippen LogP contribution in [0.25, 0.3) is 0 Å². The van der Waals surface area contributed by atoms with E-state index in [4.69, 9.17) is 0 Å². The van der Waals surface area contributed by atoms with Gasteiger partial charge in [-0.3, -0.25) is 4.79 Å². The van der Waals surface area contributed by atoms with Gasteiger partial charge in [-0.05, 0) is 40.2 Å². The minimum Gasteiger partial charge on any atom is -0.288 e. The van der Waals surface area contributed by atoms with Crippen molar-refractivity contribution in [1.82, 2.24) is 0 Å². The summed E-state index contributed by atoms with van der Waals surface area (Å²) in [7, 11) is 0. The third kappa shape index (κ3) is 2.29. The summed E-state index contributed by atoms with van der Waals surface area (Å²) in [5.74, 6) is -0.0810. The smallest absolute Gasteiger partial charge is 0.199 e. The molecule has 0 aromatic heterocycles. The second kappa shape index (κ2) is 4.01. The average Bonchev–Trinajstić information content (AvgIpc) is 2.04. The topological polar surface area (TPSA) is 17.1 Å². The van der Waals surface area contributed by atoms with Crippen molar-refractivity contribution < 1.29 is 4.79 Å². The predicted octanol–water partition coefficient (Wildman–Crippen LogP) is 3.54. The number of rotatable bonds is 2. The molecule has 0 unspecified atom stereocenters. The summed E-state index contributed by atoms with van der Waals surface area (Å²) < 4.78 is 1.34. The van der Waals surface area contributed by atoms with Gasteiger partial charge < -0.3 is 0 Å². The molecule has 0 aliphatic heterocycles. The van der Waals surface area contributed by atoms with E-state index < -0.39 is 0 Å². The van der Waals surface area contributed by atoms with Crippen LogP contribution in [0.2, 0.25) is 0 Å². The monoisotopic (exact) mass is 288 g/mol. The molecule has 0 aliphatic carbocycles. The first-order chi connectivity index (χ1) is 5.61. The molecule has 1 rings (SSSR count). The minimum absolute atomic E-state index is 0.0810. The Labute approximate surface area is 87.7 Å². The van der Waals surface area contributed by atoms with Crippen LogP contribution in [-0.2, 0) is 0 Å². The largest absolute Gasteiger partial charge is 0.288 e. The maximum Gasteiger partial charge on any atom is 0.199 e. The lowest BCUT2D eigenvalue weighted by atomic mass is 10.1. The van der Waals surface area contributed by atoms with E-state index in [-0.39, 0.29) is 5.78 Å². The highest BCUT2D eigenvalue weighted by molar-refractivity contribution is 9.12. The first-order valence-electron chi connectivity index (χ1n) is 3.26. The fourth-order valence-corrected chi connectivity index (χ4v) is 1.25. The number of hydrogen-bond acceptors (Lipinski definition) is 1. The maximum absolute atomic E-state index is 11.3. The molecule has 0 amide bonds. The van der Waals surface area contributed by atoms with Crippen molar-refractivity contribution in [2.24, 2.45) is 0 Å². The number of Topliss-reactive ketones (excluding diaryl/α,β-unsaturated/α-hetero) is 1. The number of carbonyl (C=O) groups excluding carboxylic acids is 1. The van der Waals surface area contributed by atoms with Crippen LogP contribution in [0.15, 0.2) is 39.8 Å². The zero-order valence-electron chi connectivity index (χ0n) is 6.18. The molecule has 0 saturated heterocycles. The van der Waals surface area contributed by atoms with Crippen LogP contribution in [0.3, 0.4) is 0 Å². The van der Waals surface area contributed by atoms with Gasteiger partial charge in [0, 0.05) is 10.0 Å². The molecule has 1 aromatic carbocycles. The molecule has 12 heavy (non-hydrogen) atoms. The highest BCUT2D eigenvalue weighted by atomic mass is 79.9. The predicted molar refractivity (Wildman–Crippen MR) is 56.5 cm³/mol. The number of hydrogen-bond donors (Lipinski definition) is 0. The molecular formula is C9H6Br2O. The molecule has 0 bridgehead atoms. The molecule has 0 N–H and O–H groups in total.